The first-order valence-corrected chi connectivity index (χ1v) is 6.15. The van der Waals surface area contributed by atoms with Gasteiger partial charge in [0.2, 0.25) is 0 Å². The van der Waals surface area contributed by atoms with E-state index < -0.39 is 0 Å². The van der Waals surface area contributed by atoms with Crippen LogP contribution in [0.3, 0.4) is 0 Å². The lowest BCUT2D eigenvalue weighted by atomic mass is 10.1. The first-order valence-electron chi connectivity index (χ1n) is 6.15. The topological polar surface area (TPSA) is 38.3 Å². The lowest BCUT2D eigenvalue weighted by Gasteiger charge is -2.15. The Labute approximate surface area is 98.2 Å². The van der Waals surface area contributed by atoms with Crippen molar-refractivity contribution in [2.24, 2.45) is 5.92 Å². The van der Waals surface area contributed by atoms with Crippen LogP contribution in [0.2, 0.25) is 0 Å². The minimum Gasteiger partial charge on any atom is -0.466 e. The Morgan fingerprint density at radius 2 is 2.25 bits per heavy atom. The molecule has 1 aliphatic rings. The summed E-state index contributed by atoms with van der Waals surface area (Å²) in [4.78, 5) is 11.1. The zero-order valence-electron chi connectivity index (χ0n) is 10.6. The summed E-state index contributed by atoms with van der Waals surface area (Å²) in [6, 6.07) is 0.592. The highest BCUT2D eigenvalue weighted by molar-refractivity contribution is 5.87. The average Bonchev–Trinajstić information content (AvgIpc) is 3.10. The van der Waals surface area contributed by atoms with Crippen LogP contribution in [-0.2, 0) is 9.53 Å². The van der Waals surface area contributed by atoms with Crippen molar-refractivity contribution in [3.8, 4) is 0 Å². The van der Waals surface area contributed by atoms with Crippen LogP contribution in [0, 0.1) is 5.92 Å². The fraction of sp³-hybridized carbons (Fsp3) is 0.769. The molecule has 1 saturated carbocycles. The van der Waals surface area contributed by atoms with Gasteiger partial charge in [-0.05, 0) is 25.7 Å². The monoisotopic (exact) mass is 225 g/mol. The summed E-state index contributed by atoms with van der Waals surface area (Å²) >= 11 is 0. The molecule has 1 atom stereocenters. The number of nitrogens with one attached hydrogen (secondary N) is 1. The standard InChI is InChI=1S/C13H23NO2/c1-4-12(9-11-5-6-11)14-8-7-10(2)13(15)16-3/h7,11-12,14H,4-6,8-9H2,1-3H3/b10-7-. The number of carbonyl (C=O) groups excluding carboxylic acids is 1. The normalized spacial score (nSPS) is 18.3. The third-order valence-corrected chi connectivity index (χ3v) is 3.13. The van der Waals surface area contributed by atoms with Gasteiger partial charge in [-0.2, -0.15) is 0 Å². The van der Waals surface area contributed by atoms with E-state index in [2.05, 4.69) is 17.0 Å². The highest BCUT2D eigenvalue weighted by Gasteiger charge is 2.24. The molecule has 0 heterocycles. The van der Waals surface area contributed by atoms with E-state index in [1.165, 1.54) is 26.4 Å². The molecule has 1 fully saturated rings. The van der Waals surface area contributed by atoms with Crippen LogP contribution in [0.4, 0.5) is 0 Å². The van der Waals surface area contributed by atoms with E-state index in [9.17, 15) is 4.79 Å². The van der Waals surface area contributed by atoms with Gasteiger partial charge in [-0.3, -0.25) is 0 Å². The maximum absolute atomic E-state index is 11.1. The van der Waals surface area contributed by atoms with Gasteiger partial charge in [-0.1, -0.05) is 25.8 Å². The number of hydrogen-bond donors (Lipinski definition) is 1. The summed E-state index contributed by atoms with van der Waals surface area (Å²) in [7, 11) is 1.41. The maximum atomic E-state index is 11.1. The molecular weight excluding hydrogens is 202 g/mol. The zero-order chi connectivity index (χ0) is 12.0. The van der Waals surface area contributed by atoms with Crippen LogP contribution in [0.25, 0.3) is 0 Å². The molecule has 1 rings (SSSR count). The fourth-order valence-corrected chi connectivity index (χ4v) is 1.77. The highest BCUT2D eigenvalue weighted by atomic mass is 16.5. The Bertz CT molecular complexity index is 257. The molecule has 0 aromatic carbocycles. The molecule has 0 radical (unpaired) electrons. The molecule has 0 amide bonds. The SMILES string of the molecule is CCC(CC1CC1)NC/C=C(/C)C(=O)OC. The van der Waals surface area contributed by atoms with Crippen molar-refractivity contribution in [1.29, 1.82) is 0 Å². The van der Waals surface area contributed by atoms with Crippen LogP contribution < -0.4 is 5.32 Å². The van der Waals surface area contributed by atoms with Crippen molar-refractivity contribution in [2.45, 2.75) is 45.6 Å². The second kappa shape index (κ2) is 6.69. The third-order valence-electron chi connectivity index (χ3n) is 3.13. The largest absolute Gasteiger partial charge is 0.466 e. The molecule has 1 unspecified atom stereocenters. The smallest absolute Gasteiger partial charge is 0.333 e. The van der Waals surface area contributed by atoms with E-state index >= 15 is 0 Å². The van der Waals surface area contributed by atoms with Crippen molar-refractivity contribution in [3.63, 3.8) is 0 Å². The van der Waals surface area contributed by atoms with E-state index in [1.54, 1.807) is 6.92 Å². The summed E-state index contributed by atoms with van der Waals surface area (Å²) in [5.41, 5.74) is 0.677. The Hall–Kier alpha value is -0.830. The molecule has 0 saturated heterocycles. The van der Waals surface area contributed by atoms with E-state index in [1.807, 2.05) is 6.08 Å². The minimum absolute atomic E-state index is 0.239. The summed E-state index contributed by atoms with van der Waals surface area (Å²) in [5.74, 6) is 0.708. The predicted octanol–water partition coefficient (Wildman–Crippen LogP) is 2.27. The van der Waals surface area contributed by atoms with Gasteiger partial charge < -0.3 is 10.1 Å². The number of rotatable bonds is 7. The molecule has 0 bridgehead atoms. The zero-order valence-corrected chi connectivity index (χ0v) is 10.6. The molecule has 3 heteroatoms. The molecule has 0 spiro atoms. The summed E-state index contributed by atoms with van der Waals surface area (Å²) in [6.45, 7) is 4.75. The third kappa shape index (κ3) is 4.79. The van der Waals surface area contributed by atoms with Crippen molar-refractivity contribution >= 4 is 5.97 Å². The van der Waals surface area contributed by atoms with E-state index in [0.717, 1.165) is 18.9 Å². The van der Waals surface area contributed by atoms with Gasteiger partial charge in [-0.15, -0.1) is 0 Å². The lowest BCUT2D eigenvalue weighted by molar-refractivity contribution is -0.136. The Morgan fingerprint density at radius 1 is 1.56 bits per heavy atom. The van der Waals surface area contributed by atoms with E-state index in [-0.39, 0.29) is 5.97 Å². The Morgan fingerprint density at radius 3 is 2.75 bits per heavy atom. The Balaban J connectivity index is 2.23. The van der Waals surface area contributed by atoms with Crippen LogP contribution in [0.15, 0.2) is 11.6 Å². The molecule has 0 aliphatic heterocycles. The second-order valence-corrected chi connectivity index (χ2v) is 4.57. The van der Waals surface area contributed by atoms with Gasteiger partial charge in [0.1, 0.15) is 0 Å². The van der Waals surface area contributed by atoms with Crippen LogP contribution in [0.1, 0.15) is 39.5 Å². The molecule has 0 aromatic rings. The first kappa shape index (κ1) is 13.2. The number of hydrogen-bond acceptors (Lipinski definition) is 3. The number of methoxy groups -OCH3 is 1. The number of ether oxygens (including phenoxy) is 1. The first-order chi connectivity index (χ1) is 7.67. The fourth-order valence-electron chi connectivity index (χ4n) is 1.77. The van der Waals surface area contributed by atoms with Gasteiger partial charge >= 0.3 is 5.97 Å². The minimum atomic E-state index is -0.239. The molecular formula is C13H23NO2. The maximum Gasteiger partial charge on any atom is 0.333 e. The highest BCUT2D eigenvalue weighted by Crippen LogP contribution is 2.33. The summed E-state index contributed by atoms with van der Waals surface area (Å²) in [5, 5.41) is 3.47. The van der Waals surface area contributed by atoms with Crippen molar-refractivity contribution in [1.82, 2.24) is 5.32 Å². The van der Waals surface area contributed by atoms with Crippen LogP contribution in [-0.4, -0.2) is 25.7 Å². The number of carbonyl (C=O) groups is 1. The van der Waals surface area contributed by atoms with Gasteiger partial charge in [0.05, 0.1) is 7.11 Å². The summed E-state index contributed by atoms with van der Waals surface area (Å²) in [6.07, 6.45) is 7.13. The molecule has 3 nitrogen and oxygen atoms in total. The van der Waals surface area contributed by atoms with Crippen molar-refractivity contribution in [2.75, 3.05) is 13.7 Å². The quantitative estimate of drug-likeness (QED) is 0.533. The van der Waals surface area contributed by atoms with Gasteiger partial charge in [0.15, 0.2) is 0 Å². The van der Waals surface area contributed by atoms with Crippen molar-refractivity contribution in [3.05, 3.63) is 11.6 Å². The lowest BCUT2D eigenvalue weighted by Crippen LogP contribution is -2.29. The van der Waals surface area contributed by atoms with Gasteiger partial charge in [0.25, 0.3) is 0 Å². The molecule has 16 heavy (non-hydrogen) atoms. The summed E-state index contributed by atoms with van der Waals surface area (Å²) < 4.78 is 4.64. The molecule has 0 aromatic heterocycles. The molecule has 1 aliphatic carbocycles. The average molecular weight is 225 g/mol. The van der Waals surface area contributed by atoms with E-state index in [0.29, 0.717) is 11.6 Å². The van der Waals surface area contributed by atoms with Gasteiger partial charge in [-0.25, -0.2) is 4.79 Å². The number of esters is 1. The second-order valence-electron chi connectivity index (χ2n) is 4.57. The predicted molar refractivity (Wildman–Crippen MR) is 65.2 cm³/mol. The van der Waals surface area contributed by atoms with Crippen LogP contribution in [0.5, 0.6) is 0 Å². The van der Waals surface area contributed by atoms with Gasteiger partial charge in [0, 0.05) is 18.2 Å². The van der Waals surface area contributed by atoms with E-state index in [4.69, 9.17) is 0 Å². The molecule has 1 N–H and O–H groups in total. The van der Waals surface area contributed by atoms with Crippen molar-refractivity contribution < 1.29 is 9.53 Å². The Kier molecular flexibility index (Phi) is 5.53. The van der Waals surface area contributed by atoms with Crippen LogP contribution >= 0.6 is 0 Å². The molecule has 92 valence electrons.